The summed E-state index contributed by atoms with van der Waals surface area (Å²) in [6, 6.07) is 15.7. The van der Waals surface area contributed by atoms with Crippen LogP contribution in [0.15, 0.2) is 48.5 Å². The monoisotopic (exact) mass is 239 g/mol. The van der Waals surface area contributed by atoms with E-state index in [0.29, 0.717) is 12.0 Å². The number of aryl methyl sites for hydroxylation is 1. The predicted molar refractivity (Wildman–Crippen MR) is 72.2 cm³/mol. The fraction of sp³-hybridized carbons (Fsp3) is 0.125. The van der Waals surface area contributed by atoms with E-state index in [-0.39, 0.29) is 5.82 Å². The highest BCUT2D eigenvalue weighted by Crippen LogP contribution is 2.19. The second-order valence-corrected chi connectivity index (χ2v) is 4.61. The van der Waals surface area contributed by atoms with Gasteiger partial charge in [0.2, 0.25) is 0 Å². The molecule has 0 bridgehead atoms. The number of fused-ring (bicyclic) bond motifs is 1. The van der Waals surface area contributed by atoms with E-state index in [2.05, 4.69) is 17.1 Å². The first-order valence-corrected chi connectivity index (χ1v) is 6.04. The standard InChI is InChI=1S/C16H14FN/c1-11-5-4-7-13(16(11)17)10-14-9-12-6-2-3-8-15(12)18-14/h2-9,18H,10H2,1H3. The second-order valence-electron chi connectivity index (χ2n) is 4.61. The van der Waals surface area contributed by atoms with Crippen molar-refractivity contribution < 1.29 is 4.39 Å². The molecule has 0 atom stereocenters. The van der Waals surface area contributed by atoms with Crippen LogP contribution < -0.4 is 0 Å². The first-order chi connectivity index (χ1) is 8.74. The summed E-state index contributed by atoms with van der Waals surface area (Å²) in [5.41, 5.74) is 3.58. The Morgan fingerprint density at radius 1 is 1.06 bits per heavy atom. The molecule has 3 aromatic rings. The number of rotatable bonds is 2. The molecule has 0 unspecified atom stereocenters. The fourth-order valence-electron chi connectivity index (χ4n) is 2.28. The molecule has 1 N–H and O–H groups in total. The van der Waals surface area contributed by atoms with Crippen molar-refractivity contribution in [2.24, 2.45) is 0 Å². The van der Waals surface area contributed by atoms with Gasteiger partial charge in [-0.2, -0.15) is 0 Å². The van der Waals surface area contributed by atoms with Gasteiger partial charge in [0.25, 0.3) is 0 Å². The molecule has 0 saturated carbocycles. The molecule has 90 valence electrons. The van der Waals surface area contributed by atoms with Crippen molar-refractivity contribution in [2.75, 3.05) is 0 Å². The number of H-pyrrole nitrogens is 1. The van der Waals surface area contributed by atoms with E-state index >= 15 is 0 Å². The van der Waals surface area contributed by atoms with Crippen molar-refractivity contribution in [1.29, 1.82) is 0 Å². The molecule has 0 aliphatic heterocycles. The van der Waals surface area contributed by atoms with Crippen LogP contribution >= 0.6 is 0 Å². The highest BCUT2D eigenvalue weighted by molar-refractivity contribution is 5.80. The number of halogens is 1. The molecule has 0 aliphatic carbocycles. The maximum Gasteiger partial charge on any atom is 0.129 e. The first-order valence-electron chi connectivity index (χ1n) is 6.04. The molecule has 0 spiro atoms. The van der Waals surface area contributed by atoms with Gasteiger partial charge >= 0.3 is 0 Å². The molecular weight excluding hydrogens is 225 g/mol. The van der Waals surface area contributed by atoms with E-state index in [4.69, 9.17) is 0 Å². The van der Waals surface area contributed by atoms with Crippen LogP contribution in [0, 0.1) is 12.7 Å². The van der Waals surface area contributed by atoms with Crippen molar-refractivity contribution in [3.8, 4) is 0 Å². The number of aromatic amines is 1. The highest BCUT2D eigenvalue weighted by Gasteiger charge is 2.07. The van der Waals surface area contributed by atoms with Crippen LogP contribution in [0.3, 0.4) is 0 Å². The van der Waals surface area contributed by atoms with Crippen molar-refractivity contribution in [1.82, 2.24) is 4.98 Å². The lowest BCUT2D eigenvalue weighted by molar-refractivity contribution is 0.604. The van der Waals surface area contributed by atoms with E-state index in [0.717, 1.165) is 16.8 Å². The van der Waals surface area contributed by atoms with Crippen molar-refractivity contribution in [3.63, 3.8) is 0 Å². The lowest BCUT2D eigenvalue weighted by atomic mass is 10.1. The highest BCUT2D eigenvalue weighted by atomic mass is 19.1. The first kappa shape index (κ1) is 11.0. The molecule has 3 rings (SSSR count). The van der Waals surface area contributed by atoms with Crippen molar-refractivity contribution in [3.05, 3.63) is 71.2 Å². The lowest BCUT2D eigenvalue weighted by Crippen LogP contribution is -1.94. The van der Waals surface area contributed by atoms with Gasteiger partial charge in [0.05, 0.1) is 0 Å². The van der Waals surface area contributed by atoms with E-state index in [1.54, 1.807) is 13.0 Å². The Labute approximate surface area is 105 Å². The Morgan fingerprint density at radius 2 is 1.89 bits per heavy atom. The summed E-state index contributed by atoms with van der Waals surface area (Å²) >= 11 is 0. The van der Waals surface area contributed by atoms with Gasteiger partial charge < -0.3 is 4.98 Å². The Kier molecular flexibility index (Phi) is 2.63. The van der Waals surface area contributed by atoms with Crippen LogP contribution in [0.25, 0.3) is 10.9 Å². The van der Waals surface area contributed by atoms with Crippen LogP contribution in [0.2, 0.25) is 0 Å². The van der Waals surface area contributed by atoms with Crippen molar-refractivity contribution in [2.45, 2.75) is 13.3 Å². The third-order valence-electron chi connectivity index (χ3n) is 3.24. The third kappa shape index (κ3) is 1.90. The number of benzene rings is 2. The molecule has 2 heteroatoms. The van der Waals surface area contributed by atoms with Gasteiger partial charge in [-0.25, -0.2) is 4.39 Å². The van der Waals surface area contributed by atoms with E-state index in [1.165, 1.54) is 5.39 Å². The van der Waals surface area contributed by atoms with E-state index in [9.17, 15) is 4.39 Å². The summed E-state index contributed by atoms with van der Waals surface area (Å²) in [6.07, 6.45) is 0.599. The number of hydrogen-bond donors (Lipinski definition) is 1. The molecule has 0 fully saturated rings. The van der Waals surface area contributed by atoms with Crippen LogP contribution in [-0.2, 0) is 6.42 Å². The summed E-state index contributed by atoms with van der Waals surface area (Å²) in [5, 5.41) is 1.17. The normalized spacial score (nSPS) is 11.0. The average molecular weight is 239 g/mol. The molecule has 0 radical (unpaired) electrons. The average Bonchev–Trinajstić information content (AvgIpc) is 2.77. The number of para-hydroxylation sites is 1. The van der Waals surface area contributed by atoms with Gasteiger partial charge in [-0.1, -0.05) is 36.4 Å². The fourth-order valence-corrected chi connectivity index (χ4v) is 2.28. The van der Waals surface area contributed by atoms with Gasteiger partial charge in [-0.05, 0) is 35.6 Å². The predicted octanol–water partition coefficient (Wildman–Crippen LogP) is 4.21. The number of hydrogen-bond acceptors (Lipinski definition) is 0. The smallest absolute Gasteiger partial charge is 0.129 e. The molecular formula is C16H14FN. The molecule has 0 aliphatic rings. The molecule has 0 amide bonds. The summed E-state index contributed by atoms with van der Waals surface area (Å²) in [4.78, 5) is 3.32. The zero-order valence-corrected chi connectivity index (χ0v) is 10.2. The lowest BCUT2D eigenvalue weighted by Gasteiger charge is -2.03. The topological polar surface area (TPSA) is 15.8 Å². The Balaban J connectivity index is 1.99. The van der Waals surface area contributed by atoms with Gasteiger partial charge in [0, 0.05) is 17.6 Å². The van der Waals surface area contributed by atoms with Crippen LogP contribution in [0.1, 0.15) is 16.8 Å². The van der Waals surface area contributed by atoms with Gasteiger partial charge in [-0.15, -0.1) is 0 Å². The van der Waals surface area contributed by atoms with E-state index < -0.39 is 0 Å². The Morgan fingerprint density at radius 3 is 2.72 bits per heavy atom. The SMILES string of the molecule is Cc1cccc(Cc2cc3ccccc3[nH]2)c1F. The minimum Gasteiger partial charge on any atom is -0.358 e. The van der Waals surface area contributed by atoms with Gasteiger partial charge in [0.1, 0.15) is 5.82 Å². The summed E-state index contributed by atoms with van der Waals surface area (Å²) in [7, 11) is 0. The molecule has 1 heterocycles. The maximum atomic E-state index is 13.9. The van der Waals surface area contributed by atoms with Gasteiger partial charge in [0.15, 0.2) is 0 Å². The molecule has 1 nitrogen and oxygen atoms in total. The Hall–Kier alpha value is -2.09. The van der Waals surface area contributed by atoms with Crippen LogP contribution in [0.4, 0.5) is 4.39 Å². The largest absolute Gasteiger partial charge is 0.358 e. The van der Waals surface area contributed by atoms with Crippen LogP contribution in [-0.4, -0.2) is 4.98 Å². The van der Waals surface area contributed by atoms with Gasteiger partial charge in [-0.3, -0.25) is 0 Å². The molecule has 1 aromatic heterocycles. The minimum atomic E-state index is -0.101. The Bertz CT molecular complexity index is 664. The number of nitrogens with one attached hydrogen (secondary N) is 1. The zero-order valence-electron chi connectivity index (χ0n) is 10.2. The quantitative estimate of drug-likeness (QED) is 0.689. The molecule has 18 heavy (non-hydrogen) atoms. The number of aromatic nitrogens is 1. The summed E-state index contributed by atoms with van der Waals surface area (Å²) in [6.45, 7) is 1.80. The molecule has 2 aromatic carbocycles. The van der Waals surface area contributed by atoms with Crippen molar-refractivity contribution >= 4 is 10.9 Å². The summed E-state index contributed by atoms with van der Waals surface area (Å²) < 4.78 is 13.9. The molecule has 0 saturated heterocycles. The van der Waals surface area contributed by atoms with Crippen LogP contribution in [0.5, 0.6) is 0 Å². The zero-order chi connectivity index (χ0) is 12.5. The summed E-state index contributed by atoms with van der Waals surface area (Å²) in [5.74, 6) is -0.101. The van der Waals surface area contributed by atoms with E-state index in [1.807, 2.05) is 30.3 Å². The third-order valence-corrected chi connectivity index (χ3v) is 3.24. The minimum absolute atomic E-state index is 0.101. The maximum absolute atomic E-state index is 13.9. The second kappa shape index (κ2) is 4.30.